The summed E-state index contributed by atoms with van der Waals surface area (Å²) in [5, 5.41) is 9.82. The van der Waals surface area contributed by atoms with E-state index in [1.54, 1.807) is 12.3 Å². The summed E-state index contributed by atoms with van der Waals surface area (Å²) in [5.74, 6) is -2.53. The molecule has 228 valence electrons. The zero-order valence-corrected chi connectivity index (χ0v) is 24.4. The lowest BCUT2D eigenvalue weighted by molar-refractivity contribution is -0.141. The van der Waals surface area contributed by atoms with E-state index in [2.05, 4.69) is 9.88 Å². The smallest absolute Gasteiger partial charge is 0.326 e. The average Bonchev–Trinajstić information content (AvgIpc) is 3.70. The molecule has 3 aliphatic rings. The van der Waals surface area contributed by atoms with Crippen molar-refractivity contribution in [2.75, 3.05) is 26.2 Å². The van der Waals surface area contributed by atoms with E-state index in [-0.39, 0.29) is 49.2 Å². The largest absolute Gasteiger partial charge is 0.490 e. The summed E-state index contributed by atoms with van der Waals surface area (Å²) in [7, 11) is 0. The second-order valence-electron chi connectivity index (χ2n) is 11.8. The second-order valence-corrected chi connectivity index (χ2v) is 12.2. The van der Waals surface area contributed by atoms with E-state index in [0.29, 0.717) is 36.1 Å². The van der Waals surface area contributed by atoms with Crippen molar-refractivity contribution in [1.29, 1.82) is 0 Å². The number of rotatable bonds is 10. The highest BCUT2D eigenvalue weighted by Crippen LogP contribution is 2.46. The van der Waals surface area contributed by atoms with E-state index in [1.165, 1.54) is 6.07 Å². The van der Waals surface area contributed by atoms with Crippen molar-refractivity contribution >= 4 is 23.5 Å². The summed E-state index contributed by atoms with van der Waals surface area (Å²) in [4.78, 5) is 31.9. The fourth-order valence-corrected chi connectivity index (χ4v) is 5.79. The molecule has 1 saturated carbocycles. The Labute approximate surface area is 247 Å². The fourth-order valence-electron chi connectivity index (χ4n) is 5.55. The van der Waals surface area contributed by atoms with Crippen LogP contribution in [0.1, 0.15) is 73.4 Å². The first-order chi connectivity index (χ1) is 19.9. The number of amides is 1. The number of aromatic nitrogens is 1. The van der Waals surface area contributed by atoms with Crippen LogP contribution in [-0.2, 0) is 11.3 Å². The molecule has 2 atom stereocenters. The number of carbonyl (C=O) groups is 2. The van der Waals surface area contributed by atoms with Crippen molar-refractivity contribution in [3.63, 3.8) is 0 Å². The molecule has 3 fully saturated rings. The number of likely N-dealkylation sites (tertiary alicyclic amines) is 2. The second kappa shape index (κ2) is 12.3. The van der Waals surface area contributed by atoms with Gasteiger partial charge in [0.2, 0.25) is 5.88 Å². The highest BCUT2D eigenvalue weighted by Gasteiger charge is 2.42. The molecule has 1 aromatic heterocycles. The van der Waals surface area contributed by atoms with E-state index in [0.717, 1.165) is 29.4 Å². The molecule has 0 bridgehead atoms. The first kappa shape index (κ1) is 30.4. The SMILES string of the molecule is CC(C)Oc1ncc(CN2CCC(F)(COc3cc(F)c(C(=O)N4C[C@H](F)C[C@H]4C(=O)O)cc3C3CC3)CC2)cc1Cl. The normalized spacial score (nSPS) is 22.4. The van der Waals surface area contributed by atoms with E-state index >= 15 is 8.78 Å². The Morgan fingerprint density at radius 2 is 1.93 bits per heavy atom. The van der Waals surface area contributed by atoms with Crippen LogP contribution < -0.4 is 9.47 Å². The average molecular weight is 610 g/mol. The lowest BCUT2D eigenvalue weighted by atomic mass is 9.94. The zero-order chi connectivity index (χ0) is 30.2. The van der Waals surface area contributed by atoms with Gasteiger partial charge < -0.3 is 19.5 Å². The molecule has 0 radical (unpaired) electrons. The third-order valence-electron chi connectivity index (χ3n) is 8.00. The number of carbonyl (C=O) groups excluding carboxylic acids is 1. The zero-order valence-electron chi connectivity index (χ0n) is 23.6. The van der Waals surface area contributed by atoms with Crippen LogP contribution in [0.15, 0.2) is 24.4 Å². The van der Waals surface area contributed by atoms with Crippen LogP contribution in [-0.4, -0.2) is 82.0 Å². The van der Waals surface area contributed by atoms with Gasteiger partial charge in [0.25, 0.3) is 5.91 Å². The number of carboxylic acid groups (broad SMARTS) is 1. The van der Waals surface area contributed by atoms with Crippen LogP contribution in [0.4, 0.5) is 13.2 Å². The van der Waals surface area contributed by atoms with Crippen molar-refractivity contribution in [2.24, 2.45) is 0 Å². The number of hydrogen-bond acceptors (Lipinski definition) is 6. The number of benzene rings is 1. The molecule has 2 saturated heterocycles. The van der Waals surface area contributed by atoms with Gasteiger partial charge in [0.15, 0.2) is 0 Å². The molecule has 5 rings (SSSR count). The fraction of sp³-hybridized carbons (Fsp3) is 0.567. The van der Waals surface area contributed by atoms with Crippen LogP contribution in [0.5, 0.6) is 11.6 Å². The minimum Gasteiger partial charge on any atom is -0.490 e. The van der Waals surface area contributed by atoms with Crippen molar-refractivity contribution < 1.29 is 37.3 Å². The van der Waals surface area contributed by atoms with Gasteiger partial charge in [-0.2, -0.15) is 0 Å². The molecule has 0 spiro atoms. The van der Waals surface area contributed by atoms with Crippen molar-refractivity contribution in [3.8, 4) is 11.6 Å². The molecular weight excluding hydrogens is 575 g/mol. The standard InChI is InChI=1S/C30H35ClF3N3O5/c1-17(2)42-27-23(31)9-18(13-35-27)14-36-7-5-30(34,6-8-36)16-41-26-12-24(33)22(11-21(26)19-3-4-19)28(38)37-15-20(32)10-25(37)29(39)40/h9,11-13,17,19-20,25H,3-8,10,14-16H2,1-2H3,(H,39,40)/t20-,25+/m1/s1. The number of hydrogen-bond donors (Lipinski definition) is 1. The van der Waals surface area contributed by atoms with Gasteiger partial charge in [-0.25, -0.2) is 22.9 Å². The lowest BCUT2D eigenvalue weighted by Crippen LogP contribution is -2.44. The van der Waals surface area contributed by atoms with Gasteiger partial charge in [-0.3, -0.25) is 9.69 Å². The Hall–Kier alpha value is -3.05. The summed E-state index contributed by atoms with van der Waals surface area (Å²) in [5.41, 5.74) is -0.471. The van der Waals surface area contributed by atoms with Crippen molar-refractivity contribution in [3.05, 3.63) is 51.9 Å². The third kappa shape index (κ3) is 6.94. The Bertz CT molecular complexity index is 1330. The van der Waals surface area contributed by atoms with Crippen LogP contribution in [0.25, 0.3) is 0 Å². The molecule has 1 amide bonds. The number of carboxylic acids is 1. The van der Waals surface area contributed by atoms with E-state index in [9.17, 15) is 19.1 Å². The highest BCUT2D eigenvalue weighted by molar-refractivity contribution is 6.31. The predicted molar refractivity (Wildman–Crippen MR) is 149 cm³/mol. The molecule has 1 aromatic carbocycles. The molecule has 0 unspecified atom stereocenters. The van der Waals surface area contributed by atoms with Gasteiger partial charge in [-0.1, -0.05) is 11.6 Å². The quantitative estimate of drug-likeness (QED) is 0.377. The molecule has 3 heterocycles. The van der Waals surface area contributed by atoms with Crippen LogP contribution >= 0.6 is 11.6 Å². The van der Waals surface area contributed by atoms with Crippen molar-refractivity contribution in [1.82, 2.24) is 14.8 Å². The molecule has 8 nitrogen and oxygen atoms in total. The van der Waals surface area contributed by atoms with Gasteiger partial charge in [0.1, 0.15) is 41.1 Å². The first-order valence-electron chi connectivity index (χ1n) is 14.3. The molecule has 2 aromatic rings. The number of aliphatic carboxylic acids is 1. The Kier molecular flexibility index (Phi) is 8.89. The number of alkyl halides is 2. The van der Waals surface area contributed by atoms with Gasteiger partial charge in [-0.15, -0.1) is 0 Å². The number of nitrogens with zero attached hydrogens (tertiary/aromatic N) is 3. The first-order valence-corrected chi connectivity index (χ1v) is 14.7. The van der Waals surface area contributed by atoms with Crippen molar-refractivity contribution in [2.45, 2.75) is 82.4 Å². The minimum atomic E-state index is -1.62. The van der Waals surface area contributed by atoms with Crippen LogP contribution in [0.3, 0.4) is 0 Å². The third-order valence-corrected chi connectivity index (χ3v) is 8.27. The molecule has 42 heavy (non-hydrogen) atoms. The minimum absolute atomic E-state index is 0.0325. The monoisotopic (exact) mass is 609 g/mol. The van der Waals surface area contributed by atoms with Gasteiger partial charge in [0, 0.05) is 38.3 Å². The Morgan fingerprint density at radius 1 is 1.21 bits per heavy atom. The van der Waals surface area contributed by atoms with Crippen LogP contribution in [0.2, 0.25) is 5.02 Å². The summed E-state index contributed by atoms with van der Waals surface area (Å²) in [6.45, 7) is 4.63. The highest BCUT2D eigenvalue weighted by atomic mass is 35.5. The van der Waals surface area contributed by atoms with E-state index < -0.39 is 42.1 Å². The molecule has 2 aliphatic heterocycles. The Balaban J connectivity index is 1.21. The lowest BCUT2D eigenvalue weighted by Gasteiger charge is -2.36. The number of pyridine rings is 1. The van der Waals surface area contributed by atoms with Gasteiger partial charge in [-0.05, 0) is 68.7 Å². The predicted octanol–water partition coefficient (Wildman–Crippen LogP) is 5.56. The maximum absolute atomic E-state index is 15.8. The Morgan fingerprint density at radius 3 is 2.55 bits per heavy atom. The molecular formula is C30H35ClF3N3O5. The molecule has 1 N–H and O–H groups in total. The van der Waals surface area contributed by atoms with Gasteiger partial charge >= 0.3 is 5.97 Å². The summed E-state index contributed by atoms with van der Waals surface area (Å²) in [6, 6.07) is 2.88. The van der Waals surface area contributed by atoms with E-state index in [1.807, 2.05) is 13.8 Å². The van der Waals surface area contributed by atoms with Gasteiger partial charge in [0.05, 0.1) is 18.2 Å². The maximum atomic E-state index is 15.8. The summed E-state index contributed by atoms with van der Waals surface area (Å²) in [6.07, 6.45) is 1.88. The molecule has 1 aliphatic carbocycles. The number of halogens is 4. The topological polar surface area (TPSA) is 92.2 Å². The van der Waals surface area contributed by atoms with Crippen LogP contribution in [0, 0.1) is 5.82 Å². The number of piperidine rings is 1. The summed E-state index contributed by atoms with van der Waals surface area (Å²) >= 11 is 6.30. The van der Waals surface area contributed by atoms with E-state index in [4.69, 9.17) is 21.1 Å². The summed E-state index contributed by atoms with van der Waals surface area (Å²) < 4.78 is 56.3. The maximum Gasteiger partial charge on any atom is 0.326 e. The molecule has 12 heteroatoms. The number of ether oxygens (including phenoxy) is 2.